The monoisotopic (exact) mass is 373 g/mol. The van der Waals surface area contributed by atoms with Gasteiger partial charge in [0.2, 0.25) is 0 Å². The van der Waals surface area contributed by atoms with E-state index < -0.39 is 11.7 Å². The minimum Gasteiger partial charge on any atom is -0.369 e. The van der Waals surface area contributed by atoms with E-state index in [1.165, 1.54) is 25.1 Å². The summed E-state index contributed by atoms with van der Waals surface area (Å²) in [6.07, 6.45) is 0.0951. The lowest BCUT2D eigenvalue weighted by Crippen LogP contribution is -2.27. The highest BCUT2D eigenvalue weighted by atomic mass is 19.4. The first-order valence-electron chi connectivity index (χ1n) is 9.14. The van der Waals surface area contributed by atoms with Gasteiger partial charge in [0.25, 0.3) is 0 Å². The fourth-order valence-corrected chi connectivity index (χ4v) is 3.74. The smallest absolute Gasteiger partial charge is 0.369 e. The van der Waals surface area contributed by atoms with Gasteiger partial charge >= 0.3 is 6.18 Å². The Morgan fingerprint density at radius 1 is 1.04 bits per heavy atom. The highest BCUT2D eigenvalue weighted by molar-refractivity contribution is 5.93. The molecule has 8 heteroatoms. The van der Waals surface area contributed by atoms with E-state index in [1.807, 2.05) is 4.68 Å². The summed E-state index contributed by atoms with van der Waals surface area (Å²) in [6.45, 7) is 2.05. The van der Waals surface area contributed by atoms with Crippen molar-refractivity contribution in [3.63, 3.8) is 0 Å². The van der Waals surface area contributed by atoms with Gasteiger partial charge in [-0.15, -0.1) is 0 Å². The molecule has 0 saturated heterocycles. The van der Waals surface area contributed by atoms with Gasteiger partial charge in [0, 0.05) is 42.7 Å². The van der Waals surface area contributed by atoms with Crippen LogP contribution in [0.5, 0.6) is 0 Å². The molecular weight excluding hydrogens is 355 g/mol. The number of rotatable bonds is 2. The Morgan fingerprint density at radius 3 is 2.67 bits per heavy atom. The fraction of sp³-hybridized carbons (Fsp3) is 0.421. The lowest BCUT2D eigenvalue weighted by atomic mass is 10.1. The molecule has 3 aromatic rings. The number of fused-ring (bicyclic) bond motifs is 2. The molecule has 0 N–H and O–H groups in total. The molecule has 140 valence electrons. The van der Waals surface area contributed by atoms with Crippen LogP contribution in [0.3, 0.4) is 0 Å². The van der Waals surface area contributed by atoms with Gasteiger partial charge in [-0.25, -0.2) is 9.67 Å². The zero-order chi connectivity index (χ0) is 18.6. The van der Waals surface area contributed by atoms with Crippen LogP contribution in [0.2, 0.25) is 0 Å². The number of para-hydroxylation sites is 1. The van der Waals surface area contributed by atoms with Crippen LogP contribution in [0.1, 0.15) is 36.0 Å². The molecule has 0 amide bonds. The van der Waals surface area contributed by atoms with E-state index in [0.717, 1.165) is 29.8 Å². The van der Waals surface area contributed by atoms with Crippen molar-refractivity contribution in [3.8, 4) is 0 Å². The van der Waals surface area contributed by atoms with Crippen molar-refractivity contribution in [1.82, 2.24) is 19.7 Å². The van der Waals surface area contributed by atoms with Gasteiger partial charge in [-0.05, 0) is 25.0 Å². The minimum atomic E-state index is -4.42. The number of alkyl halides is 3. The van der Waals surface area contributed by atoms with Crippen molar-refractivity contribution in [2.45, 2.75) is 37.9 Å². The van der Waals surface area contributed by atoms with Crippen LogP contribution < -0.4 is 4.90 Å². The molecule has 5 rings (SSSR count). The Bertz CT molecular complexity index is 981. The largest absolute Gasteiger partial charge is 0.418 e. The molecule has 3 heterocycles. The topological polar surface area (TPSA) is 46.8 Å². The van der Waals surface area contributed by atoms with Crippen molar-refractivity contribution in [1.29, 1.82) is 0 Å². The van der Waals surface area contributed by atoms with Crippen LogP contribution in [-0.2, 0) is 19.1 Å². The van der Waals surface area contributed by atoms with Crippen molar-refractivity contribution >= 4 is 16.6 Å². The van der Waals surface area contributed by atoms with E-state index in [1.54, 1.807) is 12.1 Å². The van der Waals surface area contributed by atoms with E-state index in [2.05, 4.69) is 20.0 Å². The molecule has 2 aliphatic rings. The van der Waals surface area contributed by atoms with Gasteiger partial charge in [0.1, 0.15) is 5.82 Å². The van der Waals surface area contributed by atoms with Crippen molar-refractivity contribution in [2.24, 2.45) is 0 Å². The van der Waals surface area contributed by atoms with Crippen LogP contribution in [-0.4, -0.2) is 32.8 Å². The van der Waals surface area contributed by atoms with Crippen LogP contribution in [0.15, 0.2) is 30.5 Å². The number of hydrogen-bond donors (Lipinski definition) is 0. The van der Waals surface area contributed by atoms with Crippen LogP contribution in [0.4, 0.5) is 18.9 Å². The molecular formula is C19H18F3N5. The first-order valence-corrected chi connectivity index (χ1v) is 9.14. The van der Waals surface area contributed by atoms with E-state index in [9.17, 15) is 13.2 Å². The summed E-state index contributed by atoms with van der Waals surface area (Å²) in [5, 5.41) is 5.15. The molecule has 5 nitrogen and oxygen atoms in total. The number of hydrogen-bond acceptors (Lipinski definition) is 4. The number of anilines is 1. The Hall–Kier alpha value is -2.64. The zero-order valence-electron chi connectivity index (χ0n) is 14.6. The van der Waals surface area contributed by atoms with Gasteiger partial charge in [-0.2, -0.15) is 18.3 Å². The van der Waals surface area contributed by atoms with Crippen molar-refractivity contribution in [2.75, 3.05) is 18.0 Å². The molecule has 1 aromatic carbocycles. The highest BCUT2D eigenvalue weighted by Crippen LogP contribution is 2.39. The molecule has 1 fully saturated rings. The summed E-state index contributed by atoms with van der Waals surface area (Å²) >= 11 is 0. The third-order valence-corrected chi connectivity index (χ3v) is 5.29. The Morgan fingerprint density at radius 2 is 1.89 bits per heavy atom. The Kier molecular flexibility index (Phi) is 3.63. The standard InChI is InChI=1S/C19H18F3N5/c20-19(21,22)14-3-1-2-13-15(6-8-23-17(13)14)26-9-7-16-24-18(12-4-5-12)25-27(16)11-10-26/h1-3,6,8,12H,4-5,7,9-11H2. The van der Waals surface area contributed by atoms with E-state index in [0.29, 0.717) is 30.9 Å². The zero-order valence-corrected chi connectivity index (χ0v) is 14.6. The molecule has 0 radical (unpaired) electrons. The summed E-state index contributed by atoms with van der Waals surface area (Å²) in [5.41, 5.74) is 0.0817. The van der Waals surface area contributed by atoms with Crippen LogP contribution >= 0.6 is 0 Å². The van der Waals surface area contributed by atoms with E-state index >= 15 is 0 Å². The molecule has 2 aromatic heterocycles. The second kappa shape index (κ2) is 5.94. The maximum absolute atomic E-state index is 13.3. The minimum absolute atomic E-state index is 0.00127. The lowest BCUT2D eigenvalue weighted by molar-refractivity contribution is -0.136. The second-order valence-corrected chi connectivity index (χ2v) is 7.15. The summed E-state index contributed by atoms with van der Waals surface area (Å²) in [6, 6.07) is 6.03. The average molecular weight is 373 g/mol. The van der Waals surface area contributed by atoms with Gasteiger partial charge in [0.15, 0.2) is 5.82 Å². The molecule has 0 spiro atoms. The van der Waals surface area contributed by atoms with E-state index in [4.69, 9.17) is 0 Å². The predicted octanol–water partition coefficient (Wildman–Crippen LogP) is 3.79. The second-order valence-electron chi connectivity index (χ2n) is 7.15. The highest BCUT2D eigenvalue weighted by Gasteiger charge is 2.34. The molecule has 1 aliphatic carbocycles. The van der Waals surface area contributed by atoms with Crippen molar-refractivity contribution in [3.05, 3.63) is 47.7 Å². The first kappa shape index (κ1) is 16.5. The Labute approximate surface area is 153 Å². The maximum Gasteiger partial charge on any atom is 0.418 e. The molecule has 0 atom stereocenters. The average Bonchev–Trinajstić information content (AvgIpc) is 3.44. The normalized spacial score (nSPS) is 17.8. The molecule has 1 saturated carbocycles. The van der Waals surface area contributed by atoms with E-state index in [-0.39, 0.29) is 5.52 Å². The Balaban J connectivity index is 1.48. The molecule has 1 aliphatic heterocycles. The van der Waals surface area contributed by atoms with Crippen LogP contribution in [0, 0.1) is 0 Å². The van der Waals surface area contributed by atoms with Gasteiger partial charge < -0.3 is 4.90 Å². The molecule has 27 heavy (non-hydrogen) atoms. The maximum atomic E-state index is 13.3. The summed E-state index contributed by atoms with van der Waals surface area (Å²) in [5.74, 6) is 2.43. The molecule has 0 unspecified atom stereocenters. The van der Waals surface area contributed by atoms with Crippen molar-refractivity contribution < 1.29 is 13.2 Å². The third-order valence-electron chi connectivity index (χ3n) is 5.29. The number of pyridine rings is 1. The number of nitrogens with zero attached hydrogens (tertiary/aromatic N) is 5. The molecule has 0 bridgehead atoms. The van der Waals surface area contributed by atoms with Crippen LogP contribution in [0.25, 0.3) is 10.9 Å². The number of halogens is 3. The quantitative estimate of drug-likeness (QED) is 0.686. The number of aromatic nitrogens is 4. The SMILES string of the molecule is FC(F)(F)c1cccc2c(N3CCc4nc(C5CC5)nn4CC3)ccnc12. The van der Waals surface area contributed by atoms with Gasteiger partial charge in [-0.3, -0.25) is 4.98 Å². The third kappa shape index (κ3) is 2.93. The van der Waals surface area contributed by atoms with Gasteiger partial charge in [0.05, 0.1) is 17.6 Å². The van der Waals surface area contributed by atoms with Gasteiger partial charge in [-0.1, -0.05) is 12.1 Å². The number of benzene rings is 1. The fourth-order valence-electron chi connectivity index (χ4n) is 3.74. The predicted molar refractivity (Wildman–Crippen MR) is 94.7 cm³/mol. The first-order chi connectivity index (χ1) is 13.0. The lowest BCUT2D eigenvalue weighted by Gasteiger charge is -2.24. The summed E-state index contributed by atoms with van der Waals surface area (Å²) in [4.78, 5) is 10.8. The summed E-state index contributed by atoms with van der Waals surface area (Å²) in [7, 11) is 0. The summed E-state index contributed by atoms with van der Waals surface area (Å²) < 4.78 is 41.9.